The molecule has 0 unspecified atom stereocenters. The van der Waals surface area contributed by atoms with Gasteiger partial charge in [0, 0.05) is 17.0 Å². The molecule has 0 aliphatic carbocycles. The van der Waals surface area contributed by atoms with Gasteiger partial charge in [0.2, 0.25) is 0 Å². The lowest BCUT2D eigenvalue weighted by molar-refractivity contribution is -0.137. The number of nitrogens with one attached hydrogen (secondary N) is 2. The minimum atomic E-state index is -4.51. The molecule has 0 aliphatic rings. The van der Waals surface area contributed by atoms with Crippen LogP contribution in [0.2, 0.25) is 10.0 Å². The summed E-state index contributed by atoms with van der Waals surface area (Å²) < 4.78 is 38.8. The third-order valence-corrected chi connectivity index (χ3v) is 6.90. The van der Waals surface area contributed by atoms with E-state index in [1.807, 2.05) is 6.07 Å². The van der Waals surface area contributed by atoms with Crippen molar-refractivity contribution in [2.75, 3.05) is 5.32 Å². The van der Waals surface area contributed by atoms with Crippen LogP contribution in [0.5, 0.6) is 0 Å². The van der Waals surface area contributed by atoms with Gasteiger partial charge in [-0.15, -0.1) is 0 Å². The molecule has 3 aromatic carbocycles. The number of carbonyl (C=O) groups is 1. The van der Waals surface area contributed by atoms with E-state index in [-0.39, 0.29) is 33.0 Å². The Morgan fingerprint density at radius 2 is 1.79 bits per heavy atom. The maximum Gasteiger partial charge on any atom is 0.416 e. The average molecular weight is 575 g/mol. The van der Waals surface area contributed by atoms with Gasteiger partial charge in [-0.05, 0) is 53.6 Å². The van der Waals surface area contributed by atoms with Gasteiger partial charge in [0.25, 0.3) is 17.2 Å². The number of aromatic amines is 1. The number of carbonyl (C=O) groups excluding carboxylic acids is 1. The van der Waals surface area contributed by atoms with Gasteiger partial charge < -0.3 is 10.3 Å². The molecular weight excluding hydrogens is 560 g/mol. The maximum absolute atomic E-state index is 12.9. The van der Waals surface area contributed by atoms with E-state index in [0.29, 0.717) is 22.0 Å². The topological polar surface area (TPSA) is 79.2 Å². The molecule has 0 fully saturated rings. The van der Waals surface area contributed by atoms with E-state index in [2.05, 4.69) is 20.1 Å². The van der Waals surface area contributed by atoms with Crippen LogP contribution in [-0.4, -0.2) is 15.9 Å². The largest absolute Gasteiger partial charge is 0.416 e. The van der Waals surface area contributed by atoms with Crippen LogP contribution in [0, 0.1) is 6.57 Å². The van der Waals surface area contributed by atoms with Crippen molar-refractivity contribution in [1.29, 1.82) is 0 Å². The number of hydrogen-bond donors (Lipinski definition) is 2. The van der Waals surface area contributed by atoms with Crippen LogP contribution in [0.15, 0.2) is 76.7 Å². The van der Waals surface area contributed by atoms with Crippen LogP contribution in [0.25, 0.3) is 16.1 Å². The second-order valence-corrected chi connectivity index (χ2v) is 9.61. The molecule has 4 aromatic rings. The number of anilines is 1. The minimum Gasteiger partial charge on any atom is -0.322 e. The second-order valence-electron chi connectivity index (χ2n) is 7.83. The van der Waals surface area contributed by atoms with Gasteiger partial charge in [-0.1, -0.05) is 59.2 Å². The standard InChI is InChI=1S/C26H15Cl2F3N4O2S/c1-32-22-21(15-5-8-17(9-6-15)26(29,30)31)34-25(35-24(22)37)38-13-14-3-2-4-18(11-14)33-23(36)16-7-10-19(27)20(28)12-16/h2-12H,13H2,(H,33,36)(H,34,35,37). The maximum atomic E-state index is 12.9. The van der Waals surface area contributed by atoms with Crippen LogP contribution in [0.4, 0.5) is 24.5 Å². The first-order valence-electron chi connectivity index (χ1n) is 10.7. The lowest BCUT2D eigenvalue weighted by Crippen LogP contribution is -2.12. The van der Waals surface area contributed by atoms with Gasteiger partial charge in [-0.25, -0.2) is 9.83 Å². The average Bonchev–Trinajstić information content (AvgIpc) is 2.88. The smallest absolute Gasteiger partial charge is 0.322 e. The fourth-order valence-corrected chi connectivity index (χ4v) is 4.47. The Morgan fingerprint density at radius 3 is 2.45 bits per heavy atom. The van der Waals surface area contributed by atoms with E-state index in [9.17, 15) is 22.8 Å². The SMILES string of the molecule is [C-]#[N+]c1c(-c2ccc(C(F)(F)F)cc2)nc(SCc2cccc(NC(=O)c3ccc(Cl)c(Cl)c3)c2)[nH]c1=O. The van der Waals surface area contributed by atoms with Crippen LogP contribution in [-0.2, 0) is 11.9 Å². The van der Waals surface area contributed by atoms with E-state index in [1.54, 1.807) is 24.3 Å². The molecule has 4 rings (SSSR count). The molecule has 0 saturated carbocycles. The summed E-state index contributed by atoms with van der Waals surface area (Å²) in [5, 5.41) is 3.55. The molecular formula is C26H15Cl2F3N4O2S. The summed E-state index contributed by atoms with van der Waals surface area (Å²) in [6.07, 6.45) is -4.51. The molecule has 0 spiro atoms. The summed E-state index contributed by atoms with van der Waals surface area (Å²) in [5.41, 5.74) is -0.0279. The number of hydrogen-bond acceptors (Lipinski definition) is 4. The number of halogens is 5. The van der Waals surface area contributed by atoms with Gasteiger partial charge in [-0.3, -0.25) is 9.59 Å². The number of rotatable bonds is 6. The molecule has 0 bridgehead atoms. The zero-order chi connectivity index (χ0) is 27.4. The van der Waals surface area contributed by atoms with Crippen molar-refractivity contribution in [3.8, 4) is 11.3 Å². The number of thioether (sulfide) groups is 1. The van der Waals surface area contributed by atoms with Gasteiger partial charge in [0.05, 0.1) is 27.9 Å². The van der Waals surface area contributed by atoms with E-state index in [1.165, 1.54) is 24.3 Å². The summed E-state index contributed by atoms with van der Waals surface area (Å²) in [7, 11) is 0. The fraction of sp³-hybridized carbons (Fsp3) is 0.0769. The number of benzene rings is 3. The van der Waals surface area contributed by atoms with Gasteiger partial charge >= 0.3 is 6.18 Å². The summed E-state index contributed by atoms with van der Waals surface area (Å²) >= 11 is 13.0. The number of aromatic nitrogens is 2. The zero-order valence-corrected chi connectivity index (χ0v) is 21.4. The van der Waals surface area contributed by atoms with Gasteiger partial charge in [0.15, 0.2) is 5.16 Å². The molecule has 6 nitrogen and oxygen atoms in total. The third kappa shape index (κ3) is 6.37. The number of alkyl halides is 3. The summed E-state index contributed by atoms with van der Waals surface area (Å²) in [6, 6.07) is 15.6. The molecule has 192 valence electrons. The zero-order valence-electron chi connectivity index (χ0n) is 19.1. The monoisotopic (exact) mass is 574 g/mol. The van der Waals surface area contributed by atoms with Crippen LogP contribution < -0.4 is 10.9 Å². The predicted octanol–water partition coefficient (Wildman–Crippen LogP) is 7.86. The van der Waals surface area contributed by atoms with Crippen LogP contribution in [0.3, 0.4) is 0 Å². The molecule has 38 heavy (non-hydrogen) atoms. The van der Waals surface area contributed by atoms with E-state index >= 15 is 0 Å². The minimum absolute atomic E-state index is 0.0115. The molecule has 1 amide bonds. The summed E-state index contributed by atoms with van der Waals surface area (Å²) in [5.74, 6) is -0.0428. The Balaban J connectivity index is 1.52. The Labute approximate surface area is 228 Å². The van der Waals surface area contributed by atoms with Gasteiger partial charge in [0.1, 0.15) is 0 Å². The third-order valence-electron chi connectivity index (χ3n) is 5.21. The molecule has 0 atom stereocenters. The molecule has 0 saturated heterocycles. The molecule has 1 aromatic heterocycles. The van der Waals surface area contributed by atoms with Crippen molar-refractivity contribution in [2.45, 2.75) is 17.1 Å². The van der Waals surface area contributed by atoms with Gasteiger partial charge in [-0.2, -0.15) is 13.2 Å². The van der Waals surface area contributed by atoms with E-state index < -0.39 is 17.3 Å². The second kappa shape index (κ2) is 11.3. The highest BCUT2D eigenvalue weighted by atomic mass is 35.5. The predicted molar refractivity (Wildman–Crippen MR) is 142 cm³/mol. The van der Waals surface area contributed by atoms with E-state index in [0.717, 1.165) is 29.5 Å². The Kier molecular flexibility index (Phi) is 8.11. The van der Waals surface area contributed by atoms with Crippen molar-refractivity contribution in [2.24, 2.45) is 0 Å². The Hall–Kier alpha value is -3.78. The lowest BCUT2D eigenvalue weighted by Gasteiger charge is -2.10. The summed E-state index contributed by atoms with van der Waals surface area (Å²) in [6.45, 7) is 7.32. The lowest BCUT2D eigenvalue weighted by atomic mass is 10.1. The van der Waals surface area contributed by atoms with Crippen LogP contribution >= 0.6 is 35.0 Å². The summed E-state index contributed by atoms with van der Waals surface area (Å²) in [4.78, 5) is 35.1. The van der Waals surface area contributed by atoms with Crippen molar-refractivity contribution in [3.05, 3.63) is 115 Å². The first kappa shape index (κ1) is 27.3. The Morgan fingerprint density at radius 1 is 1.05 bits per heavy atom. The first-order valence-corrected chi connectivity index (χ1v) is 12.5. The quantitative estimate of drug-likeness (QED) is 0.139. The highest BCUT2D eigenvalue weighted by molar-refractivity contribution is 7.98. The van der Waals surface area contributed by atoms with Crippen molar-refractivity contribution >= 4 is 52.2 Å². The highest BCUT2D eigenvalue weighted by Gasteiger charge is 2.30. The van der Waals surface area contributed by atoms with Crippen LogP contribution in [0.1, 0.15) is 21.5 Å². The first-order chi connectivity index (χ1) is 18.0. The van der Waals surface area contributed by atoms with Crippen molar-refractivity contribution < 1.29 is 18.0 Å². The molecule has 0 radical (unpaired) electrons. The normalized spacial score (nSPS) is 11.2. The fourth-order valence-electron chi connectivity index (χ4n) is 3.37. The molecule has 2 N–H and O–H groups in total. The van der Waals surface area contributed by atoms with Crippen molar-refractivity contribution in [3.63, 3.8) is 0 Å². The number of H-pyrrole nitrogens is 1. The highest BCUT2D eigenvalue weighted by Crippen LogP contribution is 2.33. The number of amides is 1. The molecule has 0 aliphatic heterocycles. The molecule has 1 heterocycles. The Bertz CT molecular complexity index is 1620. The van der Waals surface area contributed by atoms with Crippen molar-refractivity contribution in [1.82, 2.24) is 9.97 Å². The number of nitrogens with zero attached hydrogens (tertiary/aromatic N) is 2. The van der Waals surface area contributed by atoms with E-state index in [4.69, 9.17) is 29.8 Å². The molecule has 12 heteroatoms.